The summed E-state index contributed by atoms with van der Waals surface area (Å²) in [4.78, 5) is 38.0. The van der Waals surface area contributed by atoms with E-state index in [0.717, 1.165) is 21.7 Å². The van der Waals surface area contributed by atoms with Gasteiger partial charge in [0, 0.05) is 5.69 Å². The van der Waals surface area contributed by atoms with E-state index in [4.69, 9.17) is 0 Å². The van der Waals surface area contributed by atoms with E-state index >= 15 is 0 Å². The summed E-state index contributed by atoms with van der Waals surface area (Å²) in [5.74, 6) is -0.481. The Hall–Kier alpha value is -2.37. The topological polar surface area (TPSA) is 78.5 Å². The highest BCUT2D eigenvalue weighted by atomic mass is 16.2. The first-order chi connectivity index (χ1) is 11.1. The van der Waals surface area contributed by atoms with Crippen LogP contribution in [0.15, 0.2) is 18.2 Å². The van der Waals surface area contributed by atoms with E-state index < -0.39 is 11.6 Å². The molecule has 0 bridgehead atoms. The van der Waals surface area contributed by atoms with Crippen molar-refractivity contribution in [3.05, 3.63) is 29.3 Å². The second kappa shape index (κ2) is 6.63. The molecule has 1 aromatic carbocycles. The molecule has 1 saturated heterocycles. The molecule has 0 radical (unpaired) electrons. The van der Waals surface area contributed by atoms with Crippen LogP contribution in [0.5, 0.6) is 0 Å². The van der Waals surface area contributed by atoms with Gasteiger partial charge in [0.2, 0.25) is 5.91 Å². The first-order valence-corrected chi connectivity index (χ1v) is 8.14. The Kier molecular flexibility index (Phi) is 4.96. The minimum Gasteiger partial charge on any atom is -0.324 e. The zero-order valence-corrected chi connectivity index (χ0v) is 14.9. The number of benzene rings is 1. The van der Waals surface area contributed by atoms with E-state index in [1.807, 2.05) is 45.9 Å². The Morgan fingerprint density at radius 2 is 1.83 bits per heavy atom. The quantitative estimate of drug-likeness (QED) is 0.814. The van der Waals surface area contributed by atoms with Gasteiger partial charge in [-0.25, -0.2) is 4.79 Å². The van der Waals surface area contributed by atoms with E-state index in [1.54, 1.807) is 6.92 Å². The minimum atomic E-state index is -0.940. The summed E-state index contributed by atoms with van der Waals surface area (Å²) in [5, 5.41) is 5.51. The maximum absolute atomic E-state index is 12.6. The second-order valence-corrected chi connectivity index (χ2v) is 7.07. The lowest BCUT2D eigenvalue weighted by molar-refractivity contribution is -0.133. The lowest BCUT2D eigenvalue weighted by atomic mass is 9.91. The number of carbonyl (C=O) groups excluding carboxylic acids is 3. The van der Waals surface area contributed by atoms with Crippen LogP contribution in [0.25, 0.3) is 0 Å². The van der Waals surface area contributed by atoms with Crippen molar-refractivity contribution in [2.24, 2.45) is 5.92 Å². The lowest BCUT2D eigenvalue weighted by Crippen LogP contribution is -2.45. The van der Waals surface area contributed by atoms with Gasteiger partial charge in [0.1, 0.15) is 12.1 Å². The highest BCUT2D eigenvalue weighted by Crippen LogP contribution is 2.25. The molecule has 24 heavy (non-hydrogen) atoms. The van der Waals surface area contributed by atoms with Crippen LogP contribution in [0.4, 0.5) is 10.5 Å². The van der Waals surface area contributed by atoms with Gasteiger partial charge in [0.05, 0.1) is 0 Å². The predicted octanol–water partition coefficient (Wildman–Crippen LogP) is 2.60. The summed E-state index contributed by atoms with van der Waals surface area (Å²) in [6.45, 7) is 9.19. The van der Waals surface area contributed by atoms with Crippen molar-refractivity contribution in [1.82, 2.24) is 10.2 Å². The molecule has 0 aliphatic carbocycles. The molecule has 0 aromatic heterocycles. The normalized spacial score (nSPS) is 20.5. The molecular weight excluding hydrogens is 306 g/mol. The molecule has 1 fully saturated rings. The molecule has 4 amide bonds. The third-order valence-electron chi connectivity index (χ3n) is 4.21. The fraction of sp³-hybridized carbons (Fsp3) is 0.500. The molecule has 6 nitrogen and oxygen atoms in total. The van der Waals surface area contributed by atoms with Crippen LogP contribution in [0.2, 0.25) is 0 Å². The number of aryl methyl sites for hydroxylation is 2. The Labute approximate surface area is 142 Å². The van der Waals surface area contributed by atoms with Crippen LogP contribution in [0.1, 0.15) is 38.3 Å². The fourth-order valence-corrected chi connectivity index (χ4v) is 3.18. The third-order valence-corrected chi connectivity index (χ3v) is 4.21. The molecule has 6 heteroatoms. The smallest absolute Gasteiger partial charge is 0.324 e. The van der Waals surface area contributed by atoms with Crippen molar-refractivity contribution in [1.29, 1.82) is 0 Å². The number of hydrogen-bond acceptors (Lipinski definition) is 3. The summed E-state index contributed by atoms with van der Waals surface area (Å²) in [6, 6.07) is 5.20. The molecule has 1 aromatic rings. The summed E-state index contributed by atoms with van der Waals surface area (Å²) in [7, 11) is 0. The molecule has 1 atom stereocenters. The maximum atomic E-state index is 12.6. The highest BCUT2D eigenvalue weighted by molar-refractivity contribution is 6.10. The fourth-order valence-electron chi connectivity index (χ4n) is 3.18. The van der Waals surface area contributed by atoms with Crippen molar-refractivity contribution in [2.45, 2.75) is 46.6 Å². The SMILES string of the molecule is Cc1cccc(C)c1NC(=O)CN1C(=O)NC(C)(CC(C)C)C1=O. The average molecular weight is 331 g/mol. The molecule has 2 N–H and O–H groups in total. The maximum Gasteiger partial charge on any atom is 0.325 e. The number of nitrogens with zero attached hydrogens (tertiary/aromatic N) is 1. The number of nitrogens with one attached hydrogen (secondary N) is 2. The molecule has 1 unspecified atom stereocenters. The largest absolute Gasteiger partial charge is 0.325 e. The number of hydrogen-bond donors (Lipinski definition) is 2. The number of para-hydroxylation sites is 1. The van der Waals surface area contributed by atoms with Gasteiger partial charge >= 0.3 is 6.03 Å². The van der Waals surface area contributed by atoms with Crippen LogP contribution >= 0.6 is 0 Å². The van der Waals surface area contributed by atoms with Gasteiger partial charge in [0.15, 0.2) is 0 Å². The zero-order valence-electron chi connectivity index (χ0n) is 14.9. The number of imide groups is 1. The number of amides is 4. The van der Waals surface area contributed by atoms with E-state index in [2.05, 4.69) is 10.6 Å². The van der Waals surface area contributed by atoms with Gasteiger partial charge in [-0.05, 0) is 44.2 Å². The first kappa shape index (κ1) is 18.0. The molecule has 2 rings (SSSR count). The molecule has 1 aliphatic rings. The van der Waals surface area contributed by atoms with Gasteiger partial charge in [-0.2, -0.15) is 0 Å². The van der Waals surface area contributed by atoms with Gasteiger partial charge in [-0.3, -0.25) is 14.5 Å². The van der Waals surface area contributed by atoms with E-state index in [9.17, 15) is 14.4 Å². The van der Waals surface area contributed by atoms with Crippen LogP contribution < -0.4 is 10.6 Å². The summed E-state index contributed by atoms with van der Waals surface area (Å²) < 4.78 is 0. The lowest BCUT2D eigenvalue weighted by Gasteiger charge is -2.23. The zero-order chi connectivity index (χ0) is 18.1. The van der Waals surface area contributed by atoms with Gasteiger partial charge in [0.25, 0.3) is 5.91 Å². The molecule has 0 spiro atoms. The van der Waals surface area contributed by atoms with Crippen LogP contribution in [0.3, 0.4) is 0 Å². The van der Waals surface area contributed by atoms with Crippen molar-refractivity contribution in [3.63, 3.8) is 0 Å². The summed E-state index contributed by atoms with van der Waals surface area (Å²) in [6.07, 6.45) is 0.534. The number of rotatable bonds is 5. The van der Waals surface area contributed by atoms with E-state index in [-0.39, 0.29) is 24.3 Å². The monoisotopic (exact) mass is 331 g/mol. The van der Waals surface area contributed by atoms with Crippen LogP contribution in [0, 0.1) is 19.8 Å². The highest BCUT2D eigenvalue weighted by Gasteiger charge is 2.48. The summed E-state index contributed by atoms with van der Waals surface area (Å²) >= 11 is 0. The van der Waals surface area contributed by atoms with Gasteiger partial charge in [-0.15, -0.1) is 0 Å². The van der Waals surface area contributed by atoms with Crippen molar-refractivity contribution in [3.8, 4) is 0 Å². The number of anilines is 1. The van der Waals surface area contributed by atoms with Crippen molar-refractivity contribution < 1.29 is 14.4 Å². The van der Waals surface area contributed by atoms with E-state index in [0.29, 0.717) is 6.42 Å². The molecule has 1 aliphatic heterocycles. The van der Waals surface area contributed by atoms with Gasteiger partial charge < -0.3 is 10.6 Å². The Balaban J connectivity index is 2.09. The van der Waals surface area contributed by atoms with Crippen molar-refractivity contribution >= 4 is 23.5 Å². The Morgan fingerprint density at radius 3 is 2.38 bits per heavy atom. The molecule has 1 heterocycles. The Bertz CT molecular complexity index is 664. The van der Waals surface area contributed by atoms with Crippen LogP contribution in [-0.4, -0.2) is 34.8 Å². The molecule has 0 saturated carbocycles. The summed E-state index contributed by atoms with van der Waals surface area (Å²) in [5.41, 5.74) is 1.65. The third kappa shape index (κ3) is 3.58. The standard InChI is InChI=1S/C18H25N3O3/c1-11(2)9-18(5)16(23)21(17(24)20-18)10-14(22)19-15-12(3)7-6-8-13(15)4/h6-8,11H,9-10H2,1-5H3,(H,19,22)(H,20,24). The number of urea groups is 1. The first-order valence-electron chi connectivity index (χ1n) is 8.14. The molecule has 130 valence electrons. The van der Waals surface area contributed by atoms with Crippen LogP contribution in [-0.2, 0) is 9.59 Å². The number of carbonyl (C=O) groups is 3. The minimum absolute atomic E-state index is 0.252. The molecular formula is C18H25N3O3. The predicted molar refractivity (Wildman–Crippen MR) is 92.7 cm³/mol. The van der Waals surface area contributed by atoms with E-state index in [1.165, 1.54) is 0 Å². The average Bonchev–Trinajstić information content (AvgIpc) is 2.65. The van der Waals surface area contributed by atoms with Crippen molar-refractivity contribution in [2.75, 3.05) is 11.9 Å². The van der Waals surface area contributed by atoms with Gasteiger partial charge in [-0.1, -0.05) is 32.0 Å². The Morgan fingerprint density at radius 1 is 1.25 bits per heavy atom. The second-order valence-electron chi connectivity index (χ2n) is 7.07.